The zero-order chi connectivity index (χ0) is 11.1. The Morgan fingerprint density at radius 1 is 1.50 bits per heavy atom. The van der Waals surface area contributed by atoms with E-state index in [0.29, 0.717) is 6.42 Å². The minimum absolute atomic E-state index is 0.344. The van der Waals surface area contributed by atoms with Crippen LogP contribution in [0.15, 0.2) is 5.16 Å². The van der Waals surface area contributed by atoms with Crippen LogP contribution >= 0.6 is 0 Å². The number of nitrogens with zero attached hydrogens (tertiary/aromatic N) is 1. The van der Waals surface area contributed by atoms with Crippen molar-refractivity contribution in [1.29, 1.82) is 0 Å². The maximum absolute atomic E-state index is 11.1. The molecule has 0 radical (unpaired) electrons. The van der Waals surface area contributed by atoms with Crippen molar-refractivity contribution in [3.8, 4) is 0 Å². The number of aliphatic carboxylic acids is 1. The fourth-order valence-corrected chi connectivity index (χ4v) is 0.577. The maximum atomic E-state index is 11.1. The average Bonchev–Trinajstić information content (AvgIpc) is 2.13. The van der Waals surface area contributed by atoms with Crippen LogP contribution in [0.3, 0.4) is 0 Å². The number of esters is 1. The second kappa shape index (κ2) is 5.95. The third-order valence-electron chi connectivity index (χ3n) is 1.46. The van der Waals surface area contributed by atoms with Gasteiger partial charge in [0.05, 0.1) is 6.10 Å². The molecule has 6 heteroatoms. The third-order valence-corrected chi connectivity index (χ3v) is 1.46. The summed E-state index contributed by atoms with van der Waals surface area (Å²) in [6, 6.07) is 0. The van der Waals surface area contributed by atoms with Gasteiger partial charge in [-0.05, 0) is 13.3 Å². The normalized spacial score (nSPS) is 13.2. The van der Waals surface area contributed by atoms with Crippen molar-refractivity contribution in [2.75, 3.05) is 7.11 Å². The summed E-state index contributed by atoms with van der Waals surface area (Å²) in [6.07, 6.45) is 0.259. The van der Waals surface area contributed by atoms with E-state index < -0.39 is 17.7 Å². The smallest absolute Gasteiger partial charge is 0.368 e. The molecule has 0 aromatic rings. The van der Waals surface area contributed by atoms with Gasteiger partial charge in [-0.15, -0.1) is 0 Å². The molecule has 0 spiro atoms. The third kappa shape index (κ3) is 3.88. The molecule has 1 atom stereocenters. The Hall–Kier alpha value is -1.59. The van der Waals surface area contributed by atoms with Gasteiger partial charge in [-0.2, -0.15) is 0 Å². The van der Waals surface area contributed by atoms with Crippen LogP contribution in [0.4, 0.5) is 0 Å². The number of carboxylic acids is 1. The van der Waals surface area contributed by atoms with Crippen molar-refractivity contribution in [2.24, 2.45) is 5.16 Å². The van der Waals surface area contributed by atoms with Gasteiger partial charge in [0.25, 0.3) is 5.71 Å². The Morgan fingerprint density at radius 2 is 2.07 bits per heavy atom. The van der Waals surface area contributed by atoms with E-state index in [1.54, 1.807) is 6.92 Å². The highest BCUT2D eigenvalue weighted by molar-refractivity contribution is 6.62. The minimum atomic E-state index is -1.47. The molecule has 0 aromatic heterocycles. The second-order valence-electron chi connectivity index (χ2n) is 2.55. The van der Waals surface area contributed by atoms with Crippen LogP contribution < -0.4 is 0 Å². The summed E-state index contributed by atoms with van der Waals surface area (Å²) < 4.78 is 4.74. The highest BCUT2D eigenvalue weighted by atomic mass is 16.6. The van der Waals surface area contributed by atoms with Gasteiger partial charge in [-0.25, -0.2) is 9.59 Å². The first-order valence-corrected chi connectivity index (χ1v) is 4.08. The van der Waals surface area contributed by atoms with E-state index in [9.17, 15) is 9.59 Å². The highest BCUT2D eigenvalue weighted by Gasteiger charge is 2.23. The molecular formula is C8H13NO5. The molecule has 0 heterocycles. The van der Waals surface area contributed by atoms with Gasteiger partial charge >= 0.3 is 11.9 Å². The van der Waals surface area contributed by atoms with Gasteiger partial charge < -0.3 is 14.7 Å². The molecule has 0 aliphatic rings. The molecular weight excluding hydrogens is 190 g/mol. The lowest BCUT2D eigenvalue weighted by Crippen LogP contribution is -2.29. The van der Waals surface area contributed by atoms with Crippen LogP contribution in [-0.2, 0) is 19.2 Å². The van der Waals surface area contributed by atoms with Gasteiger partial charge in [-0.3, -0.25) is 0 Å². The number of rotatable bonds is 5. The fraction of sp³-hybridized carbons (Fsp3) is 0.625. The monoisotopic (exact) mass is 203 g/mol. The molecule has 1 N–H and O–H groups in total. The Bertz CT molecular complexity index is 248. The number of oxime groups is 1. The lowest BCUT2D eigenvalue weighted by Gasteiger charge is -2.09. The van der Waals surface area contributed by atoms with E-state index in [4.69, 9.17) is 9.84 Å². The first-order valence-electron chi connectivity index (χ1n) is 4.08. The number of ether oxygens (including phenoxy) is 1. The van der Waals surface area contributed by atoms with E-state index >= 15 is 0 Å². The molecule has 0 rings (SSSR count). The Morgan fingerprint density at radius 3 is 2.43 bits per heavy atom. The van der Waals surface area contributed by atoms with Crippen LogP contribution in [0.1, 0.15) is 20.3 Å². The van der Waals surface area contributed by atoms with Crippen molar-refractivity contribution >= 4 is 17.7 Å². The number of carbonyl (C=O) groups is 2. The van der Waals surface area contributed by atoms with Gasteiger partial charge in [0.2, 0.25) is 0 Å². The molecule has 1 unspecified atom stereocenters. The largest absolute Gasteiger partial charge is 0.476 e. The first-order chi connectivity index (χ1) is 6.52. The zero-order valence-corrected chi connectivity index (χ0v) is 8.31. The van der Waals surface area contributed by atoms with Crippen molar-refractivity contribution < 1.29 is 24.3 Å². The van der Waals surface area contributed by atoms with Crippen molar-refractivity contribution in [3.63, 3.8) is 0 Å². The fourth-order valence-electron chi connectivity index (χ4n) is 0.577. The predicted molar refractivity (Wildman–Crippen MR) is 47.9 cm³/mol. The van der Waals surface area contributed by atoms with Crippen LogP contribution in [0.25, 0.3) is 0 Å². The zero-order valence-electron chi connectivity index (χ0n) is 8.31. The summed E-state index contributed by atoms with van der Waals surface area (Å²) in [4.78, 5) is 25.8. The maximum Gasteiger partial charge on any atom is 0.368 e. The van der Waals surface area contributed by atoms with E-state index in [0.717, 1.165) is 7.11 Å². The van der Waals surface area contributed by atoms with Crippen LogP contribution in [0.5, 0.6) is 0 Å². The minimum Gasteiger partial charge on any atom is -0.476 e. The molecule has 0 aliphatic heterocycles. The summed E-state index contributed by atoms with van der Waals surface area (Å²) in [6.45, 7) is 3.47. The number of hydrogen-bond acceptors (Lipinski definition) is 5. The first kappa shape index (κ1) is 12.4. The Labute approximate surface area is 81.5 Å². The van der Waals surface area contributed by atoms with Gasteiger partial charge in [0.15, 0.2) is 0 Å². The summed E-state index contributed by atoms with van der Waals surface area (Å²) in [5.74, 6) is -2.46. The number of hydrogen-bond donors (Lipinski definition) is 1. The van der Waals surface area contributed by atoms with E-state index in [2.05, 4.69) is 9.99 Å². The molecule has 0 aromatic carbocycles. The van der Waals surface area contributed by atoms with Crippen LogP contribution in [0, 0.1) is 0 Å². The standard InChI is InChI=1S/C8H13NO5/c1-4-5(2)14-8(12)6(7(10)11)9-13-3/h5H,4H2,1-3H3,(H,10,11). The lowest BCUT2D eigenvalue weighted by atomic mass is 10.3. The highest BCUT2D eigenvalue weighted by Crippen LogP contribution is 1.98. The Kier molecular flexibility index (Phi) is 5.28. The van der Waals surface area contributed by atoms with Gasteiger partial charge in [-0.1, -0.05) is 12.1 Å². The topological polar surface area (TPSA) is 85.2 Å². The molecule has 0 saturated carbocycles. The molecule has 0 amide bonds. The van der Waals surface area contributed by atoms with Crippen molar-refractivity contribution in [1.82, 2.24) is 0 Å². The number of carbonyl (C=O) groups excluding carboxylic acids is 1. The quantitative estimate of drug-likeness (QED) is 0.303. The van der Waals surface area contributed by atoms with Gasteiger partial charge in [0.1, 0.15) is 7.11 Å². The molecule has 0 saturated heterocycles. The molecule has 80 valence electrons. The van der Waals surface area contributed by atoms with Crippen LogP contribution in [0.2, 0.25) is 0 Å². The van der Waals surface area contributed by atoms with E-state index in [1.165, 1.54) is 0 Å². The molecule has 0 bridgehead atoms. The number of carboxylic acid groups (broad SMARTS) is 1. The molecule has 0 aliphatic carbocycles. The molecule has 14 heavy (non-hydrogen) atoms. The van der Waals surface area contributed by atoms with Crippen molar-refractivity contribution in [2.45, 2.75) is 26.4 Å². The molecule has 6 nitrogen and oxygen atoms in total. The Balaban J connectivity index is 4.46. The van der Waals surface area contributed by atoms with E-state index in [-0.39, 0.29) is 6.10 Å². The average molecular weight is 203 g/mol. The van der Waals surface area contributed by atoms with Crippen LogP contribution in [-0.4, -0.2) is 36.0 Å². The van der Waals surface area contributed by atoms with Gasteiger partial charge in [0, 0.05) is 0 Å². The summed E-state index contributed by atoms with van der Waals surface area (Å²) in [5, 5.41) is 11.6. The summed E-state index contributed by atoms with van der Waals surface area (Å²) in [7, 11) is 1.15. The molecule has 0 fully saturated rings. The predicted octanol–water partition coefficient (Wildman–Crippen LogP) is 0.415. The summed E-state index contributed by atoms with van der Waals surface area (Å²) >= 11 is 0. The lowest BCUT2D eigenvalue weighted by molar-refractivity contribution is -0.142. The summed E-state index contributed by atoms with van der Waals surface area (Å²) in [5.41, 5.74) is -0.757. The van der Waals surface area contributed by atoms with Crippen molar-refractivity contribution in [3.05, 3.63) is 0 Å². The van der Waals surface area contributed by atoms with E-state index in [1.807, 2.05) is 6.92 Å². The SMILES string of the molecule is CCC(C)OC(=O)C(=NOC)C(=O)O. The second-order valence-corrected chi connectivity index (χ2v) is 2.55.